The first-order valence-electron chi connectivity index (χ1n) is 6.71. The fourth-order valence-electron chi connectivity index (χ4n) is 2.19. The number of nitrogens with zero attached hydrogens (tertiary/aromatic N) is 2. The highest BCUT2D eigenvalue weighted by molar-refractivity contribution is 6.08. The molecule has 1 heterocycles. The summed E-state index contributed by atoms with van der Waals surface area (Å²) in [6.45, 7) is 0.970. The Morgan fingerprint density at radius 1 is 1.33 bits per heavy atom. The number of fused-ring (bicyclic) bond motifs is 1. The number of carbonyl (C=O) groups is 1. The SMILES string of the molecule is COCCN(CCO)C(=O)c1cnc(N)c2ccccc12. The maximum absolute atomic E-state index is 12.6. The molecule has 0 bridgehead atoms. The Hall–Kier alpha value is -2.18. The Morgan fingerprint density at radius 3 is 2.71 bits per heavy atom. The van der Waals surface area contributed by atoms with Gasteiger partial charge >= 0.3 is 0 Å². The van der Waals surface area contributed by atoms with E-state index < -0.39 is 0 Å². The lowest BCUT2D eigenvalue weighted by Gasteiger charge is -2.22. The summed E-state index contributed by atoms with van der Waals surface area (Å²) in [4.78, 5) is 18.3. The summed E-state index contributed by atoms with van der Waals surface area (Å²) in [5, 5.41) is 10.6. The van der Waals surface area contributed by atoms with Crippen LogP contribution in [-0.4, -0.2) is 54.3 Å². The van der Waals surface area contributed by atoms with Crippen LogP contribution in [0.2, 0.25) is 0 Å². The van der Waals surface area contributed by atoms with Crippen molar-refractivity contribution in [3.8, 4) is 0 Å². The molecule has 0 aliphatic carbocycles. The summed E-state index contributed by atoms with van der Waals surface area (Å²) < 4.78 is 5.00. The molecule has 3 N–H and O–H groups in total. The number of anilines is 1. The smallest absolute Gasteiger partial charge is 0.256 e. The van der Waals surface area contributed by atoms with E-state index in [2.05, 4.69) is 4.98 Å². The average Bonchev–Trinajstić information content (AvgIpc) is 2.51. The van der Waals surface area contributed by atoms with Gasteiger partial charge in [0.1, 0.15) is 5.82 Å². The van der Waals surface area contributed by atoms with Crippen molar-refractivity contribution < 1.29 is 14.6 Å². The fourth-order valence-corrected chi connectivity index (χ4v) is 2.19. The van der Waals surface area contributed by atoms with Gasteiger partial charge in [-0.2, -0.15) is 0 Å². The van der Waals surface area contributed by atoms with Crippen LogP contribution in [-0.2, 0) is 4.74 Å². The minimum atomic E-state index is -0.190. The first-order valence-corrected chi connectivity index (χ1v) is 6.71. The lowest BCUT2D eigenvalue weighted by atomic mass is 10.1. The highest BCUT2D eigenvalue weighted by Crippen LogP contribution is 2.23. The maximum Gasteiger partial charge on any atom is 0.256 e. The van der Waals surface area contributed by atoms with Gasteiger partial charge in [0.05, 0.1) is 18.8 Å². The van der Waals surface area contributed by atoms with E-state index in [1.807, 2.05) is 24.3 Å². The van der Waals surface area contributed by atoms with Crippen LogP contribution in [0.5, 0.6) is 0 Å². The van der Waals surface area contributed by atoms with Crippen molar-refractivity contribution in [2.45, 2.75) is 0 Å². The van der Waals surface area contributed by atoms with E-state index in [0.29, 0.717) is 24.5 Å². The second kappa shape index (κ2) is 7.01. The average molecular weight is 289 g/mol. The number of hydrogen-bond donors (Lipinski definition) is 2. The van der Waals surface area contributed by atoms with Crippen molar-refractivity contribution in [2.24, 2.45) is 0 Å². The molecule has 2 rings (SSSR count). The van der Waals surface area contributed by atoms with Crippen LogP contribution in [0.25, 0.3) is 10.8 Å². The number of amides is 1. The molecular formula is C15H19N3O3. The molecule has 1 amide bonds. The van der Waals surface area contributed by atoms with Crippen molar-refractivity contribution in [1.82, 2.24) is 9.88 Å². The molecule has 1 aromatic heterocycles. The molecule has 0 spiro atoms. The first kappa shape index (κ1) is 15.2. The first-order chi connectivity index (χ1) is 10.2. The monoisotopic (exact) mass is 289 g/mol. The molecule has 0 saturated heterocycles. The fraction of sp³-hybridized carbons (Fsp3) is 0.333. The van der Waals surface area contributed by atoms with Gasteiger partial charge in [-0.25, -0.2) is 4.98 Å². The van der Waals surface area contributed by atoms with Gasteiger partial charge in [0.15, 0.2) is 0 Å². The third-order valence-electron chi connectivity index (χ3n) is 3.28. The summed E-state index contributed by atoms with van der Waals surface area (Å²) >= 11 is 0. The van der Waals surface area contributed by atoms with Crippen molar-refractivity contribution in [1.29, 1.82) is 0 Å². The molecule has 0 atom stereocenters. The number of aliphatic hydroxyl groups is 1. The van der Waals surface area contributed by atoms with Gasteiger partial charge in [-0.3, -0.25) is 4.79 Å². The third-order valence-corrected chi connectivity index (χ3v) is 3.28. The summed E-state index contributed by atoms with van der Waals surface area (Å²) in [6, 6.07) is 7.38. The topological polar surface area (TPSA) is 88.7 Å². The Balaban J connectivity index is 2.39. The molecule has 21 heavy (non-hydrogen) atoms. The van der Waals surface area contributed by atoms with Gasteiger partial charge in [0.2, 0.25) is 0 Å². The molecule has 0 unspecified atom stereocenters. The van der Waals surface area contributed by atoms with Crippen LogP contribution in [0.3, 0.4) is 0 Å². The largest absolute Gasteiger partial charge is 0.395 e. The number of hydrogen-bond acceptors (Lipinski definition) is 5. The van der Waals surface area contributed by atoms with Gasteiger partial charge in [-0.05, 0) is 5.39 Å². The highest BCUT2D eigenvalue weighted by Gasteiger charge is 2.18. The summed E-state index contributed by atoms with van der Waals surface area (Å²) in [6.07, 6.45) is 1.48. The number of carbonyl (C=O) groups excluding carboxylic acids is 1. The molecular weight excluding hydrogens is 270 g/mol. The van der Waals surface area contributed by atoms with Crippen LogP contribution in [0.1, 0.15) is 10.4 Å². The van der Waals surface area contributed by atoms with Crippen molar-refractivity contribution in [3.63, 3.8) is 0 Å². The molecule has 112 valence electrons. The molecule has 6 nitrogen and oxygen atoms in total. The summed E-state index contributed by atoms with van der Waals surface area (Å²) in [5.41, 5.74) is 6.32. The number of rotatable bonds is 6. The number of nitrogens with two attached hydrogens (primary N) is 1. The Labute approximate surface area is 123 Å². The summed E-state index contributed by atoms with van der Waals surface area (Å²) in [5.74, 6) is 0.206. The van der Waals surface area contributed by atoms with E-state index in [1.165, 1.54) is 6.20 Å². The normalized spacial score (nSPS) is 10.8. The number of nitrogen functional groups attached to an aromatic ring is 1. The van der Waals surface area contributed by atoms with Gasteiger partial charge in [0.25, 0.3) is 5.91 Å². The Morgan fingerprint density at radius 2 is 2.05 bits per heavy atom. The molecule has 0 saturated carbocycles. The Bertz CT molecular complexity index is 631. The van der Waals surface area contributed by atoms with Gasteiger partial charge in [0, 0.05) is 31.8 Å². The number of aromatic nitrogens is 1. The summed E-state index contributed by atoms with van der Waals surface area (Å²) in [7, 11) is 1.57. The number of aliphatic hydroxyl groups excluding tert-OH is 1. The minimum Gasteiger partial charge on any atom is -0.395 e. The van der Waals surface area contributed by atoms with Crippen LogP contribution in [0.15, 0.2) is 30.5 Å². The predicted octanol–water partition coefficient (Wildman–Crippen LogP) is 0.898. The maximum atomic E-state index is 12.6. The van der Waals surface area contributed by atoms with Gasteiger partial charge < -0.3 is 20.5 Å². The highest BCUT2D eigenvalue weighted by atomic mass is 16.5. The lowest BCUT2D eigenvalue weighted by Crippen LogP contribution is -2.36. The van der Waals surface area contributed by atoms with E-state index in [4.69, 9.17) is 15.6 Å². The zero-order valence-corrected chi connectivity index (χ0v) is 12.0. The molecule has 0 aliphatic rings. The van der Waals surface area contributed by atoms with E-state index in [0.717, 1.165) is 10.8 Å². The lowest BCUT2D eigenvalue weighted by molar-refractivity contribution is 0.0658. The third kappa shape index (κ3) is 3.29. The molecule has 0 fully saturated rings. The predicted molar refractivity (Wildman–Crippen MR) is 81.0 cm³/mol. The van der Waals surface area contributed by atoms with Gasteiger partial charge in [-0.15, -0.1) is 0 Å². The standard InChI is InChI=1S/C15H19N3O3/c1-21-9-7-18(6-8-19)15(20)13-10-17-14(16)12-5-3-2-4-11(12)13/h2-5,10,19H,6-9H2,1H3,(H2,16,17). The number of methoxy groups -OCH3 is 1. The van der Waals surface area contributed by atoms with Crippen LogP contribution in [0.4, 0.5) is 5.82 Å². The van der Waals surface area contributed by atoms with Crippen LogP contribution < -0.4 is 5.73 Å². The van der Waals surface area contributed by atoms with E-state index in [1.54, 1.807) is 12.0 Å². The van der Waals surface area contributed by atoms with E-state index in [9.17, 15) is 4.79 Å². The second-order valence-electron chi connectivity index (χ2n) is 4.61. The van der Waals surface area contributed by atoms with E-state index >= 15 is 0 Å². The number of ether oxygens (including phenoxy) is 1. The molecule has 6 heteroatoms. The minimum absolute atomic E-state index is 0.101. The number of pyridine rings is 1. The van der Waals surface area contributed by atoms with Crippen LogP contribution in [0, 0.1) is 0 Å². The van der Waals surface area contributed by atoms with Crippen molar-refractivity contribution in [2.75, 3.05) is 39.1 Å². The van der Waals surface area contributed by atoms with Crippen molar-refractivity contribution >= 4 is 22.5 Å². The molecule has 0 aliphatic heterocycles. The zero-order chi connectivity index (χ0) is 15.2. The van der Waals surface area contributed by atoms with Gasteiger partial charge in [-0.1, -0.05) is 24.3 Å². The van der Waals surface area contributed by atoms with E-state index in [-0.39, 0.29) is 19.1 Å². The molecule has 2 aromatic rings. The Kier molecular flexibility index (Phi) is 5.08. The molecule has 1 aromatic carbocycles. The zero-order valence-electron chi connectivity index (χ0n) is 12.0. The number of benzene rings is 1. The second-order valence-corrected chi connectivity index (χ2v) is 4.61. The molecule has 0 radical (unpaired) electrons. The van der Waals surface area contributed by atoms with Crippen molar-refractivity contribution in [3.05, 3.63) is 36.0 Å². The quantitative estimate of drug-likeness (QED) is 0.824. The van der Waals surface area contributed by atoms with Crippen LogP contribution >= 0.6 is 0 Å².